The second-order valence-corrected chi connectivity index (χ2v) is 7.34. The van der Waals surface area contributed by atoms with E-state index in [-0.39, 0.29) is 6.61 Å². The molecule has 0 spiro atoms. The third-order valence-electron chi connectivity index (χ3n) is 5.51. The molecule has 0 saturated carbocycles. The molecule has 1 aliphatic heterocycles. The Morgan fingerprint density at radius 1 is 0.926 bits per heavy atom. The molecule has 3 aromatic rings. The predicted molar refractivity (Wildman–Crippen MR) is 109 cm³/mol. The van der Waals surface area contributed by atoms with E-state index in [1.807, 2.05) is 12.3 Å². The maximum atomic E-state index is 9.57. The first-order chi connectivity index (χ1) is 13.3. The van der Waals surface area contributed by atoms with Gasteiger partial charge in [0.05, 0.1) is 5.52 Å². The lowest BCUT2D eigenvalue weighted by Gasteiger charge is -2.41. The zero-order valence-corrected chi connectivity index (χ0v) is 15.7. The van der Waals surface area contributed by atoms with E-state index in [1.54, 1.807) is 0 Å². The van der Waals surface area contributed by atoms with Crippen LogP contribution in [-0.4, -0.2) is 52.2 Å². The number of fused-ring (bicyclic) bond motifs is 1. The molecule has 0 aliphatic carbocycles. The van der Waals surface area contributed by atoms with Crippen molar-refractivity contribution in [2.75, 3.05) is 26.2 Å². The molecule has 1 atom stereocenters. The minimum atomic E-state index is 0.238. The van der Waals surface area contributed by atoms with E-state index in [1.165, 1.54) is 16.5 Å². The summed E-state index contributed by atoms with van der Waals surface area (Å²) in [5.74, 6) is 0. The van der Waals surface area contributed by atoms with Gasteiger partial charge in [0.1, 0.15) is 0 Å². The van der Waals surface area contributed by atoms with Gasteiger partial charge in [-0.15, -0.1) is 0 Å². The van der Waals surface area contributed by atoms with Crippen LogP contribution in [0.3, 0.4) is 0 Å². The Kier molecular flexibility index (Phi) is 5.78. The fourth-order valence-corrected chi connectivity index (χ4v) is 4.10. The highest BCUT2D eigenvalue weighted by atomic mass is 16.3. The van der Waals surface area contributed by atoms with Crippen molar-refractivity contribution in [2.24, 2.45) is 0 Å². The second kappa shape index (κ2) is 8.61. The number of rotatable bonds is 6. The fourth-order valence-electron chi connectivity index (χ4n) is 4.10. The van der Waals surface area contributed by atoms with E-state index in [9.17, 15) is 5.11 Å². The summed E-state index contributed by atoms with van der Waals surface area (Å²) in [7, 11) is 0. The number of aromatic nitrogens is 1. The van der Waals surface area contributed by atoms with Gasteiger partial charge in [0, 0.05) is 57.0 Å². The van der Waals surface area contributed by atoms with Gasteiger partial charge in [-0.25, -0.2) is 0 Å². The highest BCUT2D eigenvalue weighted by Crippen LogP contribution is 2.22. The maximum absolute atomic E-state index is 9.57. The molecule has 0 bridgehead atoms. The first kappa shape index (κ1) is 18.1. The standard InChI is InChI=1S/C23H27N3O/c27-15-11-21-18-25(13-14-26(21)16-19-6-2-1-3-7-19)17-20-8-4-10-23-22(20)9-5-12-24-23/h1-10,12,21,27H,11,13-18H2. The molecule has 0 radical (unpaired) electrons. The van der Waals surface area contributed by atoms with Gasteiger partial charge in [0.15, 0.2) is 0 Å². The molecule has 0 amide bonds. The summed E-state index contributed by atoms with van der Waals surface area (Å²) >= 11 is 0. The summed E-state index contributed by atoms with van der Waals surface area (Å²) in [4.78, 5) is 9.52. The number of nitrogens with zero attached hydrogens (tertiary/aromatic N) is 3. The van der Waals surface area contributed by atoms with Gasteiger partial charge in [-0.1, -0.05) is 48.5 Å². The Labute approximate surface area is 161 Å². The predicted octanol–water partition coefficient (Wildman–Crippen LogP) is 3.30. The highest BCUT2D eigenvalue weighted by Gasteiger charge is 2.26. The van der Waals surface area contributed by atoms with Crippen LogP contribution in [0.1, 0.15) is 17.5 Å². The van der Waals surface area contributed by atoms with Gasteiger partial charge in [-0.2, -0.15) is 0 Å². The summed E-state index contributed by atoms with van der Waals surface area (Å²) in [5, 5.41) is 10.8. The van der Waals surface area contributed by atoms with Crippen LogP contribution in [0.15, 0.2) is 66.9 Å². The molecule has 2 aromatic carbocycles. The molecule has 4 rings (SSSR count). The zero-order valence-electron chi connectivity index (χ0n) is 15.7. The minimum absolute atomic E-state index is 0.238. The molecule has 1 fully saturated rings. The third-order valence-corrected chi connectivity index (χ3v) is 5.51. The molecule has 1 N–H and O–H groups in total. The molecule has 140 valence electrons. The Bertz CT molecular complexity index is 862. The minimum Gasteiger partial charge on any atom is -0.396 e. The van der Waals surface area contributed by atoms with Crippen molar-refractivity contribution in [2.45, 2.75) is 25.6 Å². The fraction of sp³-hybridized carbons (Fsp3) is 0.348. The average molecular weight is 361 g/mol. The highest BCUT2D eigenvalue weighted by molar-refractivity contribution is 5.81. The van der Waals surface area contributed by atoms with Crippen molar-refractivity contribution in [3.05, 3.63) is 78.0 Å². The van der Waals surface area contributed by atoms with Crippen molar-refractivity contribution < 1.29 is 5.11 Å². The zero-order chi connectivity index (χ0) is 18.5. The lowest BCUT2D eigenvalue weighted by Crippen LogP contribution is -2.52. The number of aliphatic hydroxyl groups excluding tert-OH is 1. The topological polar surface area (TPSA) is 39.6 Å². The molecule has 4 heteroatoms. The van der Waals surface area contributed by atoms with Crippen molar-refractivity contribution in [3.8, 4) is 0 Å². The van der Waals surface area contributed by atoms with Gasteiger partial charge in [-0.3, -0.25) is 14.8 Å². The molecule has 4 nitrogen and oxygen atoms in total. The molecule has 1 aliphatic rings. The van der Waals surface area contributed by atoms with Crippen LogP contribution in [0.4, 0.5) is 0 Å². The Balaban J connectivity index is 1.46. The number of hydrogen-bond donors (Lipinski definition) is 1. The molecule has 27 heavy (non-hydrogen) atoms. The largest absolute Gasteiger partial charge is 0.396 e. The number of piperazine rings is 1. The Hall–Kier alpha value is -2.27. The summed E-state index contributed by atoms with van der Waals surface area (Å²) in [6, 6.07) is 21.6. The van der Waals surface area contributed by atoms with Crippen molar-refractivity contribution in [1.29, 1.82) is 0 Å². The molecule has 1 aromatic heterocycles. The summed E-state index contributed by atoms with van der Waals surface area (Å²) in [6.45, 7) is 5.20. The van der Waals surface area contributed by atoms with Crippen LogP contribution in [0.5, 0.6) is 0 Å². The number of hydrogen-bond acceptors (Lipinski definition) is 4. The molecular weight excluding hydrogens is 334 g/mol. The SMILES string of the molecule is OCCC1CN(Cc2cccc3ncccc23)CCN1Cc1ccccc1. The summed E-state index contributed by atoms with van der Waals surface area (Å²) < 4.78 is 0. The van der Waals surface area contributed by atoms with E-state index < -0.39 is 0 Å². The molecular formula is C23H27N3O. The van der Waals surface area contributed by atoms with Gasteiger partial charge in [-0.05, 0) is 29.7 Å². The smallest absolute Gasteiger partial charge is 0.0705 e. The lowest BCUT2D eigenvalue weighted by atomic mass is 10.0. The van der Waals surface area contributed by atoms with Crippen LogP contribution in [0, 0.1) is 0 Å². The summed E-state index contributed by atoms with van der Waals surface area (Å²) in [6.07, 6.45) is 2.67. The lowest BCUT2D eigenvalue weighted by molar-refractivity contribution is 0.0502. The molecule has 2 heterocycles. The van der Waals surface area contributed by atoms with Crippen LogP contribution >= 0.6 is 0 Å². The van der Waals surface area contributed by atoms with Crippen molar-refractivity contribution in [1.82, 2.24) is 14.8 Å². The van der Waals surface area contributed by atoms with Gasteiger partial charge >= 0.3 is 0 Å². The van der Waals surface area contributed by atoms with Crippen LogP contribution in [0.2, 0.25) is 0 Å². The van der Waals surface area contributed by atoms with E-state index in [0.717, 1.165) is 44.7 Å². The molecule has 1 saturated heterocycles. The van der Waals surface area contributed by atoms with Gasteiger partial charge in [0.25, 0.3) is 0 Å². The third kappa shape index (κ3) is 4.35. The van der Waals surface area contributed by atoms with E-state index in [4.69, 9.17) is 0 Å². The van der Waals surface area contributed by atoms with E-state index >= 15 is 0 Å². The molecule has 1 unspecified atom stereocenters. The van der Waals surface area contributed by atoms with Crippen LogP contribution < -0.4 is 0 Å². The summed E-state index contributed by atoms with van der Waals surface area (Å²) in [5.41, 5.74) is 3.73. The normalized spacial score (nSPS) is 18.8. The Morgan fingerprint density at radius 2 is 1.81 bits per heavy atom. The first-order valence-electron chi connectivity index (χ1n) is 9.77. The number of aliphatic hydroxyl groups is 1. The quantitative estimate of drug-likeness (QED) is 0.731. The van der Waals surface area contributed by atoms with Gasteiger partial charge < -0.3 is 5.11 Å². The maximum Gasteiger partial charge on any atom is 0.0705 e. The second-order valence-electron chi connectivity index (χ2n) is 7.34. The monoisotopic (exact) mass is 361 g/mol. The van der Waals surface area contributed by atoms with Crippen LogP contribution in [0.25, 0.3) is 10.9 Å². The number of benzene rings is 2. The van der Waals surface area contributed by atoms with Crippen molar-refractivity contribution in [3.63, 3.8) is 0 Å². The van der Waals surface area contributed by atoms with Crippen LogP contribution in [-0.2, 0) is 13.1 Å². The van der Waals surface area contributed by atoms with E-state index in [2.05, 4.69) is 69.4 Å². The van der Waals surface area contributed by atoms with E-state index in [0.29, 0.717) is 6.04 Å². The van der Waals surface area contributed by atoms with Gasteiger partial charge in [0.2, 0.25) is 0 Å². The average Bonchev–Trinajstić information content (AvgIpc) is 2.71. The Morgan fingerprint density at radius 3 is 2.67 bits per heavy atom. The first-order valence-corrected chi connectivity index (χ1v) is 9.77. The van der Waals surface area contributed by atoms with Crippen molar-refractivity contribution >= 4 is 10.9 Å². The number of pyridine rings is 1.